The first-order valence-corrected chi connectivity index (χ1v) is 10.5. The molecule has 5 heteroatoms. The molecular weight excluding hydrogens is 360 g/mol. The normalized spacial score (nSPS) is 19.0. The standard InChI is InChI=1S/C22H27ClN2O2/c23-20-9-5-4-6-16(20)14-25(18-7-2-1-3-8-18)15-19-12-13-21(27-19)22(26)24-17-10-11-17/h4-6,9,12-13,17-18H,1-3,7-8,10-11,14-15H2,(H,24,26)/p+1. The Morgan fingerprint density at radius 2 is 1.81 bits per heavy atom. The molecule has 2 aliphatic rings. The number of hydrogen-bond acceptors (Lipinski definition) is 2. The minimum atomic E-state index is -0.0888. The Hall–Kier alpha value is -1.78. The summed E-state index contributed by atoms with van der Waals surface area (Å²) < 4.78 is 5.90. The number of furan rings is 1. The van der Waals surface area contributed by atoms with Crippen LogP contribution in [0.15, 0.2) is 40.8 Å². The summed E-state index contributed by atoms with van der Waals surface area (Å²) in [6, 6.07) is 12.8. The van der Waals surface area contributed by atoms with Gasteiger partial charge in [-0.1, -0.05) is 36.2 Å². The number of carbonyl (C=O) groups excluding carboxylic acids is 1. The van der Waals surface area contributed by atoms with Crippen LogP contribution in [-0.2, 0) is 13.1 Å². The van der Waals surface area contributed by atoms with E-state index >= 15 is 0 Å². The van der Waals surface area contributed by atoms with Crippen LogP contribution in [0.3, 0.4) is 0 Å². The van der Waals surface area contributed by atoms with E-state index in [4.69, 9.17) is 16.0 Å². The molecule has 1 atom stereocenters. The van der Waals surface area contributed by atoms with Gasteiger partial charge < -0.3 is 14.6 Å². The van der Waals surface area contributed by atoms with E-state index in [-0.39, 0.29) is 5.91 Å². The Kier molecular flexibility index (Phi) is 5.84. The van der Waals surface area contributed by atoms with E-state index in [1.165, 1.54) is 42.6 Å². The fraction of sp³-hybridized carbons (Fsp3) is 0.500. The largest absolute Gasteiger partial charge is 0.450 e. The minimum absolute atomic E-state index is 0.0888. The number of quaternary nitrogens is 1. The van der Waals surface area contributed by atoms with E-state index in [0.717, 1.165) is 36.7 Å². The van der Waals surface area contributed by atoms with Gasteiger partial charge in [0.1, 0.15) is 13.1 Å². The van der Waals surface area contributed by atoms with Crippen LogP contribution in [0.1, 0.15) is 66.8 Å². The van der Waals surface area contributed by atoms with Gasteiger partial charge in [0.15, 0.2) is 11.5 Å². The highest BCUT2D eigenvalue weighted by atomic mass is 35.5. The Bertz CT molecular complexity index is 778. The lowest BCUT2D eigenvalue weighted by Crippen LogP contribution is -3.13. The van der Waals surface area contributed by atoms with Crippen molar-refractivity contribution in [1.82, 2.24) is 5.32 Å². The van der Waals surface area contributed by atoms with Crippen molar-refractivity contribution >= 4 is 17.5 Å². The molecule has 1 aromatic carbocycles. The van der Waals surface area contributed by atoms with Gasteiger partial charge >= 0.3 is 0 Å². The molecule has 4 nitrogen and oxygen atoms in total. The Balaban J connectivity index is 1.47. The van der Waals surface area contributed by atoms with Gasteiger partial charge in [-0.25, -0.2) is 0 Å². The van der Waals surface area contributed by atoms with Gasteiger partial charge in [-0.3, -0.25) is 4.79 Å². The molecule has 0 bridgehead atoms. The summed E-state index contributed by atoms with van der Waals surface area (Å²) in [4.78, 5) is 13.7. The van der Waals surface area contributed by atoms with Crippen molar-refractivity contribution in [2.45, 2.75) is 70.1 Å². The van der Waals surface area contributed by atoms with Crippen LogP contribution in [-0.4, -0.2) is 18.0 Å². The molecule has 2 saturated carbocycles. The van der Waals surface area contributed by atoms with Gasteiger partial charge in [0.05, 0.1) is 6.04 Å². The van der Waals surface area contributed by atoms with Gasteiger partial charge in [-0.15, -0.1) is 0 Å². The lowest BCUT2D eigenvalue weighted by Gasteiger charge is -2.31. The van der Waals surface area contributed by atoms with E-state index in [1.807, 2.05) is 24.3 Å². The van der Waals surface area contributed by atoms with Gasteiger partial charge in [-0.2, -0.15) is 0 Å². The summed E-state index contributed by atoms with van der Waals surface area (Å²) in [6.07, 6.45) is 8.58. The highest BCUT2D eigenvalue weighted by Crippen LogP contribution is 2.20. The first-order chi connectivity index (χ1) is 13.2. The molecule has 2 N–H and O–H groups in total. The van der Waals surface area contributed by atoms with Crippen LogP contribution in [0.5, 0.6) is 0 Å². The van der Waals surface area contributed by atoms with E-state index in [1.54, 1.807) is 6.07 Å². The Morgan fingerprint density at radius 1 is 1.04 bits per heavy atom. The Labute approximate surface area is 165 Å². The first-order valence-electron chi connectivity index (χ1n) is 10.2. The van der Waals surface area contributed by atoms with E-state index in [0.29, 0.717) is 17.8 Å². The van der Waals surface area contributed by atoms with E-state index in [2.05, 4.69) is 11.4 Å². The second-order valence-electron chi connectivity index (χ2n) is 7.95. The van der Waals surface area contributed by atoms with Crippen LogP contribution in [0.25, 0.3) is 0 Å². The summed E-state index contributed by atoms with van der Waals surface area (Å²) in [5.74, 6) is 1.22. The van der Waals surface area contributed by atoms with Gasteiger partial charge in [0, 0.05) is 16.6 Å². The molecule has 2 aliphatic carbocycles. The fourth-order valence-electron chi connectivity index (χ4n) is 4.05. The molecule has 0 aliphatic heterocycles. The summed E-state index contributed by atoms with van der Waals surface area (Å²) in [5, 5.41) is 3.82. The number of nitrogens with one attached hydrogen (secondary N) is 2. The highest BCUT2D eigenvalue weighted by Gasteiger charge is 2.28. The van der Waals surface area contributed by atoms with E-state index in [9.17, 15) is 4.79 Å². The molecule has 0 saturated heterocycles. The van der Waals surface area contributed by atoms with Crippen molar-refractivity contribution in [3.8, 4) is 0 Å². The average Bonchev–Trinajstić information content (AvgIpc) is 3.38. The molecule has 2 fully saturated rings. The smallest absolute Gasteiger partial charge is 0.287 e. The summed E-state index contributed by atoms with van der Waals surface area (Å²) in [6.45, 7) is 1.67. The molecule has 1 amide bonds. The van der Waals surface area contributed by atoms with Gasteiger partial charge in [0.25, 0.3) is 5.91 Å². The lowest BCUT2D eigenvalue weighted by molar-refractivity contribution is -0.954. The molecule has 4 rings (SSSR count). The van der Waals surface area contributed by atoms with Crippen molar-refractivity contribution in [2.75, 3.05) is 0 Å². The summed E-state index contributed by atoms with van der Waals surface area (Å²) in [7, 11) is 0. The zero-order chi connectivity index (χ0) is 18.6. The van der Waals surface area contributed by atoms with Crippen LogP contribution < -0.4 is 10.2 Å². The Morgan fingerprint density at radius 3 is 2.56 bits per heavy atom. The van der Waals surface area contributed by atoms with Gasteiger partial charge in [-0.05, 0) is 56.7 Å². The fourth-order valence-corrected chi connectivity index (χ4v) is 4.25. The number of hydrogen-bond donors (Lipinski definition) is 2. The number of amides is 1. The third-order valence-corrected chi connectivity index (χ3v) is 6.13. The van der Waals surface area contributed by atoms with Crippen LogP contribution in [0.4, 0.5) is 0 Å². The predicted octanol–water partition coefficient (Wildman–Crippen LogP) is 3.74. The topological polar surface area (TPSA) is 46.7 Å². The second-order valence-corrected chi connectivity index (χ2v) is 8.36. The van der Waals surface area contributed by atoms with Crippen molar-refractivity contribution < 1.29 is 14.1 Å². The van der Waals surface area contributed by atoms with Crippen molar-refractivity contribution in [3.05, 3.63) is 58.5 Å². The number of halogens is 1. The average molecular weight is 388 g/mol. The van der Waals surface area contributed by atoms with Crippen LogP contribution in [0, 0.1) is 0 Å². The molecule has 0 spiro atoms. The monoisotopic (exact) mass is 387 g/mol. The lowest BCUT2D eigenvalue weighted by atomic mass is 9.93. The minimum Gasteiger partial charge on any atom is -0.450 e. The maximum atomic E-state index is 12.2. The molecule has 27 heavy (non-hydrogen) atoms. The summed E-state index contributed by atoms with van der Waals surface area (Å²) in [5.41, 5.74) is 1.18. The molecule has 1 heterocycles. The van der Waals surface area contributed by atoms with E-state index < -0.39 is 0 Å². The third-order valence-electron chi connectivity index (χ3n) is 5.76. The summed E-state index contributed by atoms with van der Waals surface area (Å²) >= 11 is 6.42. The molecule has 1 aromatic heterocycles. The SMILES string of the molecule is O=C(NC1CC1)c1ccc(C[NH+](Cc2ccccc2Cl)C2CCCCC2)o1. The quantitative estimate of drug-likeness (QED) is 0.760. The third kappa shape index (κ3) is 4.94. The highest BCUT2D eigenvalue weighted by molar-refractivity contribution is 6.31. The first kappa shape index (κ1) is 18.6. The van der Waals surface area contributed by atoms with Crippen molar-refractivity contribution in [3.63, 3.8) is 0 Å². The zero-order valence-corrected chi connectivity index (χ0v) is 16.4. The number of rotatable bonds is 7. The number of benzene rings is 1. The van der Waals surface area contributed by atoms with Crippen molar-refractivity contribution in [2.24, 2.45) is 0 Å². The molecule has 1 unspecified atom stereocenters. The number of carbonyl (C=O) groups is 1. The maximum Gasteiger partial charge on any atom is 0.287 e. The molecule has 144 valence electrons. The molecule has 0 radical (unpaired) electrons. The second kappa shape index (κ2) is 8.49. The predicted molar refractivity (Wildman–Crippen MR) is 106 cm³/mol. The molecule has 2 aromatic rings. The van der Waals surface area contributed by atoms with Crippen LogP contribution >= 0.6 is 11.6 Å². The van der Waals surface area contributed by atoms with Crippen LogP contribution in [0.2, 0.25) is 5.02 Å². The maximum absolute atomic E-state index is 12.2. The zero-order valence-electron chi connectivity index (χ0n) is 15.7. The van der Waals surface area contributed by atoms with Crippen molar-refractivity contribution in [1.29, 1.82) is 0 Å². The molecular formula is C22H28ClN2O2+. The van der Waals surface area contributed by atoms with Gasteiger partial charge in [0.2, 0.25) is 0 Å².